The highest BCUT2D eigenvalue weighted by atomic mass is 16.2. The highest BCUT2D eigenvalue weighted by Crippen LogP contribution is 2.25. The molecule has 2 aromatic carbocycles. The second-order valence-corrected chi connectivity index (χ2v) is 7.27. The molecule has 0 bridgehead atoms. The number of carbonyl (C=O) groups excluding carboxylic acids is 2. The Labute approximate surface area is 167 Å². The molecule has 2 N–H and O–H groups in total. The van der Waals surface area contributed by atoms with Crippen LogP contribution in [-0.2, 0) is 16.1 Å². The smallest absolute Gasteiger partial charge is 0.242 e. The van der Waals surface area contributed by atoms with Crippen LogP contribution < -0.4 is 10.6 Å². The van der Waals surface area contributed by atoms with Gasteiger partial charge in [-0.05, 0) is 55.6 Å². The molecule has 1 unspecified atom stereocenters. The molecule has 3 rings (SSSR count). The molecule has 0 spiro atoms. The summed E-state index contributed by atoms with van der Waals surface area (Å²) < 4.78 is 0. The van der Waals surface area contributed by atoms with Crippen molar-refractivity contribution < 1.29 is 9.59 Å². The summed E-state index contributed by atoms with van der Waals surface area (Å²) >= 11 is 0. The van der Waals surface area contributed by atoms with Crippen LogP contribution >= 0.6 is 0 Å². The van der Waals surface area contributed by atoms with Crippen LogP contribution in [0, 0.1) is 0 Å². The zero-order valence-corrected chi connectivity index (χ0v) is 16.5. The van der Waals surface area contributed by atoms with Gasteiger partial charge >= 0.3 is 0 Å². The number of rotatable bonds is 8. The second-order valence-electron chi connectivity index (χ2n) is 7.27. The normalized spacial score (nSPS) is 15.2. The number of likely N-dealkylation sites (tertiary alicyclic amines) is 1. The minimum atomic E-state index is -0.254. The van der Waals surface area contributed by atoms with Crippen LogP contribution in [0.1, 0.15) is 49.8 Å². The van der Waals surface area contributed by atoms with Gasteiger partial charge in [0.1, 0.15) is 6.04 Å². The number of amides is 2. The van der Waals surface area contributed by atoms with Gasteiger partial charge in [-0.25, -0.2) is 0 Å². The number of nitrogens with zero attached hydrogens (tertiary/aromatic N) is 1. The minimum Gasteiger partial charge on any atom is -0.350 e. The molecule has 1 heterocycles. The Morgan fingerprint density at radius 1 is 1.04 bits per heavy atom. The molecule has 2 aromatic rings. The largest absolute Gasteiger partial charge is 0.350 e. The highest BCUT2D eigenvalue weighted by molar-refractivity contribution is 5.90. The van der Waals surface area contributed by atoms with Crippen LogP contribution in [0.5, 0.6) is 0 Å². The number of hydrogen-bond acceptors (Lipinski definition) is 3. The molecule has 1 fully saturated rings. The molecule has 1 saturated heterocycles. The van der Waals surface area contributed by atoms with E-state index in [9.17, 15) is 9.59 Å². The van der Waals surface area contributed by atoms with E-state index in [-0.39, 0.29) is 17.9 Å². The van der Waals surface area contributed by atoms with Crippen molar-refractivity contribution >= 4 is 17.5 Å². The van der Waals surface area contributed by atoms with Crippen LogP contribution in [0.25, 0.3) is 0 Å². The molecular formula is C23H29N3O2. The summed E-state index contributed by atoms with van der Waals surface area (Å²) in [5, 5.41) is 5.99. The van der Waals surface area contributed by atoms with Crippen molar-refractivity contribution in [3.8, 4) is 0 Å². The first-order chi connectivity index (χ1) is 13.7. The first kappa shape index (κ1) is 20.1. The summed E-state index contributed by atoms with van der Waals surface area (Å²) in [6.45, 7) is 4.32. The van der Waals surface area contributed by atoms with Gasteiger partial charge in [0.05, 0.1) is 0 Å². The third-order valence-electron chi connectivity index (χ3n) is 5.02. The quantitative estimate of drug-likeness (QED) is 0.732. The lowest BCUT2D eigenvalue weighted by molar-refractivity contribution is -0.126. The lowest BCUT2D eigenvalue weighted by Gasteiger charge is -2.27. The topological polar surface area (TPSA) is 61.4 Å². The summed E-state index contributed by atoms with van der Waals surface area (Å²) in [4.78, 5) is 27.1. The summed E-state index contributed by atoms with van der Waals surface area (Å²) in [5.41, 5.74) is 2.77. The number of benzene rings is 2. The van der Waals surface area contributed by atoms with Crippen molar-refractivity contribution in [2.75, 3.05) is 18.4 Å². The Bertz CT molecular complexity index is 785. The van der Waals surface area contributed by atoms with E-state index in [1.807, 2.05) is 61.5 Å². The minimum absolute atomic E-state index is 0.0156. The maximum Gasteiger partial charge on any atom is 0.242 e. The van der Waals surface area contributed by atoms with Gasteiger partial charge in [0, 0.05) is 18.7 Å². The van der Waals surface area contributed by atoms with E-state index in [0.717, 1.165) is 49.2 Å². The summed E-state index contributed by atoms with van der Waals surface area (Å²) in [6, 6.07) is 17.4. The molecule has 5 heteroatoms. The number of nitrogens with one attached hydrogen (secondary N) is 2. The monoisotopic (exact) mass is 379 g/mol. The van der Waals surface area contributed by atoms with E-state index in [4.69, 9.17) is 0 Å². The lowest BCUT2D eigenvalue weighted by atomic mass is 10.0. The van der Waals surface area contributed by atoms with Crippen LogP contribution in [0.2, 0.25) is 0 Å². The fourth-order valence-corrected chi connectivity index (χ4v) is 3.66. The van der Waals surface area contributed by atoms with Crippen molar-refractivity contribution in [3.63, 3.8) is 0 Å². The van der Waals surface area contributed by atoms with E-state index in [1.165, 1.54) is 0 Å². The molecule has 0 radical (unpaired) electrons. The lowest BCUT2D eigenvalue weighted by Crippen LogP contribution is -2.39. The van der Waals surface area contributed by atoms with Crippen molar-refractivity contribution in [3.05, 3.63) is 65.7 Å². The third-order valence-corrected chi connectivity index (χ3v) is 5.02. The molecule has 0 aliphatic carbocycles. The summed E-state index contributed by atoms with van der Waals surface area (Å²) in [5.74, 6) is 0.0374. The van der Waals surface area contributed by atoms with E-state index in [1.54, 1.807) is 0 Å². The standard InChI is InChI=1S/C23H29N3O2/c1-2-9-21(27)25-20-13-8-10-18(16-20)17-24-23(28)22(26-14-6-7-15-26)19-11-4-3-5-12-19/h3-5,8,10-13,16,22H,2,6-7,9,14-15,17H2,1H3,(H,24,28)(H,25,27). The molecule has 1 aliphatic heterocycles. The van der Waals surface area contributed by atoms with Gasteiger partial charge in [-0.3, -0.25) is 14.5 Å². The molecule has 148 valence electrons. The fraction of sp³-hybridized carbons (Fsp3) is 0.391. The SMILES string of the molecule is CCCC(=O)Nc1cccc(CNC(=O)C(c2ccccc2)N2CCCC2)c1. The average molecular weight is 380 g/mol. The first-order valence-corrected chi connectivity index (χ1v) is 10.1. The van der Waals surface area contributed by atoms with Gasteiger partial charge in [0.15, 0.2) is 0 Å². The van der Waals surface area contributed by atoms with Crippen LogP contribution in [0.15, 0.2) is 54.6 Å². The van der Waals surface area contributed by atoms with E-state index in [0.29, 0.717) is 13.0 Å². The predicted molar refractivity (Wildman–Crippen MR) is 112 cm³/mol. The zero-order chi connectivity index (χ0) is 19.8. The van der Waals surface area contributed by atoms with Gasteiger partial charge in [-0.2, -0.15) is 0 Å². The molecule has 0 aromatic heterocycles. The molecular weight excluding hydrogens is 350 g/mol. The van der Waals surface area contributed by atoms with Crippen molar-refractivity contribution in [1.82, 2.24) is 10.2 Å². The van der Waals surface area contributed by atoms with Crippen molar-refractivity contribution in [2.24, 2.45) is 0 Å². The molecule has 1 aliphatic rings. The van der Waals surface area contributed by atoms with Gasteiger partial charge in [0.2, 0.25) is 11.8 Å². The van der Waals surface area contributed by atoms with Gasteiger partial charge in [0.25, 0.3) is 0 Å². The van der Waals surface area contributed by atoms with Gasteiger partial charge < -0.3 is 10.6 Å². The third kappa shape index (κ3) is 5.42. The molecule has 28 heavy (non-hydrogen) atoms. The molecule has 5 nitrogen and oxygen atoms in total. The number of carbonyl (C=O) groups is 2. The molecule has 2 amide bonds. The van der Waals surface area contributed by atoms with Crippen LogP contribution in [0.4, 0.5) is 5.69 Å². The first-order valence-electron chi connectivity index (χ1n) is 10.1. The van der Waals surface area contributed by atoms with Gasteiger partial charge in [-0.1, -0.05) is 49.4 Å². The summed E-state index contributed by atoms with van der Waals surface area (Å²) in [7, 11) is 0. The zero-order valence-electron chi connectivity index (χ0n) is 16.5. The maximum atomic E-state index is 13.0. The van der Waals surface area contributed by atoms with Gasteiger partial charge in [-0.15, -0.1) is 0 Å². The predicted octanol–water partition coefficient (Wildman–Crippen LogP) is 3.88. The van der Waals surface area contributed by atoms with Crippen LogP contribution in [-0.4, -0.2) is 29.8 Å². The Kier molecular flexibility index (Phi) is 7.20. The average Bonchev–Trinajstić information content (AvgIpc) is 3.22. The van der Waals surface area contributed by atoms with Crippen molar-refractivity contribution in [1.29, 1.82) is 0 Å². The molecule has 0 saturated carbocycles. The Hall–Kier alpha value is -2.66. The van der Waals surface area contributed by atoms with Crippen LogP contribution in [0.3, 0.4) is 0 Å². The second kappa shape index (κ2) is 10.0. The number of anilines is 1. The fourth-order valence-electron chi connectivity index (χ4n) is 3.66. The molecule has 1 atom stereocenters. The van der Waals surface area contributed by atoms with E-state index in [2.05, 4.69) is 15.5 Å². The summed E-state index contributed by atoms with van der Waals surface area (Å²) in [6.07, 6.45) is 3.60. The number of hydrogen-bond donors (Lipinski definition) is 2. The highest BCUT2D eigenvalue weighted by Gasteiger charge is 2.29. The Balaban J connectivity index is 1.65. The Morgan fingerprint density at radius 3 is 2.50 bits per heavy atom. The van der Waals surface area contributed by atoms with Crippen molar-refractivity contribution in [2.45, 2.75) is 45.2 Å². The Morgan fingerprint density at radius 2 is 1.79 bits per heavy atom. The maximum absolute atomic E-state index is 13.0. The van der Waals surface area contributed by atoms with E-state index >= 15 is 0 Å². The van der Waals surface area contributed by atoms with E-state index < -0.39 is 0 Å².